The lowest BCUT2D eigenvalue weighted by molar-refractivity contribution is -0.116. The molecule has 6 heteroatoms. The number of benzene rings is 2. The summed E-state index contributed by atoms with van der Waals surface area (Å²) >= 11 is 0. The molecule has 0 aromatic heterocycles. The number of carbonyl (C=O) groups excluding carboxylic acids is 2. The Morgan fingerprint density at radius 1 is 1.15 bits per heavy atom. The number of nitrogens with two attached hydrogens (primary N) is 1. The minimum Gasteiger partial charge on any atom is -0.493 e. The SMILES string of the molecule is CCOc1cc(/C=C/C(=O)NCc2cccc(C(N)=O)c2)ccc1OC. The predicted molar refractivity (Wildman–Crippen MR) is 100 cm³/mol. The lowest BCUT2D eigenvalue weighted by atomic mass is 10.1. The molecule has 3 N–H and O–H groups in total. The number of hydrogen-bond donors (Lipinski definition) is 2. The zero-order valence-corrected chi connectivity index (χ0v) is 14.8. The number of primary amides is 1. The molecule has 2 aromatic rings. The van der Waals surface area contributed by atoms with Gasteiger partial charge < -0.3 is 20.5 Å². The fraction of sp³-hybridized carbons (Fsp3) is 0.200. The smallest absolute Gasteiger partial charge is 0.248 e. The molecule has 0 atom stereocenters. The lowest BCUT2D eigenvalue weighted by Crippen LogP contribution is -2.20. The number of rotatable bonds is 8. The first-order valence-electron chi connectivity index (χ1n) is 8.19. The van der Waals surface area contributed by atoms with E-state index in [4.69, 9.17) is 15.2 Å². The van der Waals surface area contributed by atoms with Gasteiger partial charge in [-0.05, 0) is 48.4 Å². The Kier molecular flexibility index (Phi) is 6.79. The van der Waals surface area contributed by atoms with Crippen LogP contribution in [0, 0.1) is 0 Å². The second-order valence-electron chi connectivity index (χ2n) is 5.46. The van der Waals surface area contributed by atoms with Crippen LogP contribution in [0.25, 0.3) is 6.08 Å². The molecule has 0 fully saturated rings. The van der Waals surface area contributed by atoms with Gasteiger partial charge in [-0.15, -0.1) is 0 Å². The Hall–Kier alpha value is -3.28. The van der Waals surface area contributed by atoms with Gasteiger partial charge in [-0.25, -0.2) is 0 Å². The van der Waals surface area contributed by atoms with Crippen molar-refractivity contribution in [3.8, 4) is 11.5 Å². The van der Waals surface area contributed by atoms with Crippen molar-refractivity contribution in [2.24, 2.45) is 5.73 Å². The van der Waals surface area contributed by atoms with E-state index in [9.17, 15) is 9.59 Å². The van der Waals surface area contributed by atoms with E-state index in [1.807, 2.05) is 25.1 Å². The molecule has 0 aliphatic carbocycles. The quantitative estimate of drug-likeness (QED) is 0.713. The van der Waals surface area contributed by atoms with E-state index < -0.39 is 5.91 Å². The van der Waals surface area contributed by atoms with Crippen LogP contribution >= 0.6 is 0 Å². The predicted octanol–water partition coefficient (Wildman–Crippen LogP) is 2.52. The Bertz CT molecular complexity index is 815. The van der Waals surface area contributed by atoms with Crippen molar-refractivity contribution >= 4 is 17.9 Å². The first-order chi connectivity index (χ1) is 12.5. The van der Waals surface area contributed by atoms with Crippen molar-refractivity contribution in [3.63, 3.8) is 0 Å². The highest BCUT2D eigenvalue weighted by Gasteiger charge is 2.05. The summed E-state index contributed by atoms with van der Waals surface area (Å²) in [4.78, 5) is 23.2. The van der Waals surface area contributed by atoms with Crippen LogP contribution in [0.1, 0.15) is 28.4 Å². The molecule has 0 saturated carbocycles. The number of amides is 2. The van der Waals surface area contributed by atoms with Crippen LogP contribution in [0.4, 0.5) is 0 Å². The summed E-state index contributed by atoms with van der Waals surface area (Å²) in [5, 5.41) is 2.76. The Balaban J connectivity index is 1.98. The average molecular weight is 354 g/mol. The molecule has 0 radical (unpaired) electrons. The van der Waals surface area contributed by atoms with Gasteiger partial charge in [-0.1, -0.05) is 18.2 Å². The summed E-state index contributed by atoms with van der Waals surface area (Å²) in [5.74, 6) is 0.523. The minimum absolute atomic E-state index is 0.247. The van der Waals surface area contributed by atoms with E-state index >= 15 is 0 Å². The molecule has 2 amide bonds. The number of nitrogens with one attached hydrogen (secondary N) is 1. The van der Waals surface area contributed by atoms with Crippen LogP contribution in [0.15, 0.2) is 48.5 Å². The molecule has 6 nitrogen and oxygen atoms in total. The number of methoxy groups -OCH3 is 1. The molecule has 26 heavy (non-hydrogen) atoms. The first kappa shape index (κ1) is 19.1. The maximum Gasteiger partial charge on any atom is 0.248 e. The van der Waals surface area contributed by atoms with E-state index in [2.05, 4.69) is 5.32 Å². The van der Waals surface area contributed by atoms with Gasteiger partial charge in [0.05, 0.1) is 13.7 Å². The average Bonchev–Trinajstić information content (AvgIpc) is 2.65. The minimum atomic E-state index is -0.498. The van der Waals surface area contributed by atoms with Gasteiger partial charge >= 0.3 is 0 Å². The van der Waals surface area contributed by atoms with Gasteiger partial charge in [-0.3, -0.25) is 9.59 Å². The highest BCUT2D eigenvalue weighted by Crippen LogP contribution is 2.28. The second kappa shape index (κ2) is 9.27. The molecule has 0 unspecified atom stereocenters. The van der Waals surface area contributed by atoms with E-state index in [0.717, 1.165) is 11.1 Å². The highest BCUT2D eigenvalue weighted by molar-refractivity contribution is 5.93. The third kappa shape index (κ3) is 5.37. The fourth-order valence-corrected chi connectivity index (χ4v) is 2.32. The van der Waals surface area contributed by atoms with Gasteiger partial charge in [0.1, 0.15) is 0 Å². The number of carbonyl (C=O) groups is 2. The van der Waals surface area contributed by atoms with E-state index in [1.54, 1.807) is 37.5 Å². The fourth-order valence-electron chi connectivity index (χ4n) is 2.32. The Morgan fingerprint density at radius 2 is 1.96 bits per heavy atom. The van der Waals surface area contributed by atoms with Gasteiger partial charge in [-0.2, -0.15) is 0 Å². The molecule has 136 valence electrons. The summed E-state index contributed by atoms with van der Waals surface area (Å²) in [6, 6.07) is 12.3. The summed E-state index contributed by atoms with van der Waals surface area (Å²) in [7, 11) is 1.58. The molecule has 0 heterocycles. The molecular formula is C20H22N2O4. The monoisotopic (exact) mass is 354 g/mol. The standard InChI is InChI=1S/C20H22N2O4/c1-3-26-18-12-14(7-9-17(18)25-2)8-10-19(23)22-13-15-5-4-6-16(11-15)20(21)24/h4-12H,3,13H2,1-2H3,(H2,21,24)(H,22,23)/b10-8+. The summed E-state index contributed by atoms with van der Waals surface area (Å²) in [6.45, 7) is 2.72. The molecule has 2 rings (SSSR count). The van der Waals surface area contributed by atoms with Crippen molar-refractivity contribution in [2.45, 2.75) is 13.5 Å². The maximum atomic E-state index is 12.0. The van der Waals surface area contributed by atoms with Crippen molar-refractivity contribution in [1.29, 1.82) is 0 Å². The Morgan fingerprint density at radius 3 is 2.65 bits per heavy atom. The van der Waals surface area contributed by atoms with Gasteiger partial charge in [0.25, 0.3) is 0 Å². The van der Waals surface area contributed by atoms with Crippen LogP contribution in [0.5, 0.6) is 11.5 Å². The van der Waals surface area contributed by atoms with E-state index in [0.29, 0.717) is 30.2 Å². The van der Waals surface area contributed by atoms with Crippen LogP contribution < -0.4 is 20.5 Å². The van der Waals surface area contributed by atoms with Crippen LogP contribution in [-0.4, -0.2) is 25.5 Å². The van der Waals surface area contributed by atoms with Crippen LogP contribution in [0.2, 0.25) is 0 Å². The second-order valence-corrected chi connectivity index (χ2v) is 5.46. The zero-order valence-electron chi connectivity index (χ0n) is 14.8. The maximum absolute atomic E-state index is 12.0. The van der Waals surface area contributed by atoms with Crippen LogP contribution in [0.3, 0.4) is 0 Å². The summed E-state index contributed by atoms with van der Waals surface area (Å²) in [6.07, 6.45) is 3.13. The first-order valence-corrected chi connectivity index (χ1v) is 8.19. The van der Waals surface area contributed by atoms with Crippen molar-refractivity contribution in [2.75, 3.05) is 13.7 Å². The summed E-state index contributed by atoms with van der Waals surface area (Å²) in [5.41, 5.74) is 7.28. The van der Waals surface area contributed by atoms with Gasteiger partial charge in [0.2, 0.25) is 11.8 Å². The Labute approximate surface area is 152 Å². The molecular weight excluding hydrogens is 332 g/mol. The van der Waals surface area contributed by atoms with Crippen LogP contribution in [-0.2, 0) is 11.3 Å². The number of ether oxygens (including phenoxy) is 2. The third-order valence-electron chi connectivity index (χ3n) is 3.59. The van der Waals surface area contributed by atoms with Gasteiger partial charge in [0.15, 0.2) is 11.5 Å². The lowest BCUT2D eigenvalue weighted by Gasteiger charge is -2.09. The molecule has 0 aliphatic heterocycles. The van der Waals surface area contributed by atoms with E-state index in [1.165, 1.54) is 6.08 Å². The largest absolute Gasteiger partial charge is 0.493 e. The third-order valence-corrected chi connectivity index (χ3v) is 3.59. The van der Waals surface area contributed by atoms with E-state index in [-0.39, 0.29) is 5.91 Å². The molecule has 0 bridgehead atoms. The summed E-state index contributed by atoms with van der Waals surface area (Å²) < 4.78 is 10.7. The molecule has 0 aliphatic rings. The van der Waals surface area contributed by atoms with Crippen molar-refractivity contribution < 1.29 is 19.1 Å². The topological polar surface area (TPSA) is 90.6 Å². The molecule has 0 spiro atoms. The van der Waals surface area contributed by atoms with Crippen molar-refractivity contribution in [1.82, 2.24) is 5.32 Å². The number of hydrogen-bond acceptors (Lipinski definition) is 4. The molecule has 0 saturated heterocycles. The highest BCUT2D eigenvalue weighted by atomic mass is 16.5. The normalized spacial score (nSPS) is 10.5. The molecule has 2 aromatic carbocycles. The van der Waals surface area contributed by atoms with Gasteiger partial charge in [0, 0.05) is 18.2 Å². The van der Waals surface area contributed by atoms with Crippen molar-refractivity contribution in [3.05, 3.63) is 65.2 Å². The zero-order chi connectivity index (χ0) is 18.9.